The van der Waals surface area contributed by atoms with E-state index in [0.717, 1.165) is 0 Å². The summed E-state index contributed by atoms with van der Waals surface area (Å²) in [6.07, 6.45) is 0. The molecule has 2 N–H and O–H groups in total. The Morgan fingerprint density at radius 3 is 2.41 bits per heavy atom. The van der Waals surface area contributed by atoms with E-state index in [4.69, 9.17) is 21.1 Å². The number of nitrogens with one attached hydrogen (secondary N) is 2. The lowest BCUT2D eigenvalue weighted by Crippen LogP contribution is -2.20. The highest BCUT2D eigenvalue weighted by atomic mass is 35.5. The molecule has 0 radical (unpaired) electrons. The van der Waals surface area contributed by atoms with Crippen LogP contribution in [0.15, 0.2) is 72.8 Å². The first-order valence-corrected chi connectivity index (χ1v) is 9.15. The summed E-state index contributed by atoms with van der Waals surface area (Å²) >= 11 is 5.88. The smallest absolute Gasteiger partial charge is 0.262 e. The average Bonchev–Trinajstić information content (AvgIpc) is 2.73. The highest BCUT2D eigenvalue weighted by molar-refractivity contribution is 6.30. The first kappa shape index (κ1) is 20.2. The second-order valence-electron chi connectivity index (χ2n) is 6.03. The van der Waals surface area contributed by atoms with Crippen LogP contribution in [0.4, 0.5) is 11.4 Å². The van der Waals surface area contributed by atoms with Gasteiger partial charge in [-0.1, -0.05) is 29.8 Å². The van der Waals surface area contributed by atoms with Crippen LogP contribution in [0, 0.1) is 0 Å². The molecule has 0 aliphatic heterocycles. The van der Waals surface area contributed by atoms with Crippen molar-refractivity contribution in [1.29, 1.82) is 0 Å². The lowest BCUT2D eigenvalue weighted by Gasteiger charge is -2.11. The third kappa shape index (κ3) is 5.73. The summed E-state index contributed by atoms with van der Waals surface area (Å²) in [5, 5.41) is 6.04. The van der Waals surface area contributed by atoms with Crippen LogP contribution < -0.4 is 20.1 Å². The van der Waals surface area contributed by atoms with Gasteiger partial charge in [-0.3, -0.25) is 9.59 Å². The van der Waals surface area contributed by atoms with Gasteiger partial charge in [-0.05, 0) is 54.6 Å². The Hall–Kier alpha value is -3.51. The third-order valence-electron chi connectivity index (χ3n) is 3.95. The van der Waals surface area contributed by atoms with Gasteiger partial charge in [-0.25, -0.2) is 0 Å². The van der Waals surface area contributed by atoms with Crippen molar-refractivity contribution in [2.24, 2.45) is 0 Å². The molecule has 0 unspecified atom stereocenters. The molecule has 0 atom stereocenters. The lowest BCUT2D eigenvalue weighted by atomic mass is 10.2. The van der Waals surface area contributed by atoms with Gasteiger partial charge in [0.15, 0.2) is 6.61 Å². The zero-order valence-electron chi connectivity index (χ0n) is 15.6. The minimum Gasteiger partial charge on any atom is -0.495 e. The monoisotopic (exact) mass is 410 g/mol. The van der Waals surface area contributed by atoms with E-state index in [1.807, 2.05) is 12.1 Å². The number of hydrogen-bond donors (Lipinski definition) is 2. The van der Waals surface area contributed by atoms with E-state index < -0.39 is 0 Å². The molecule has 0 saturated heterocycles. The van der Waals surface area contributed by atoms with Crippen LogP contribution in [0.2, 0.25) is 5.02 Å². The molecule has 3 aromatic rings. The maximum absolute atomic E-state index is 12.4. The van der Waals surface area contributed by atoms with Crippen molar-refractivity contribution >= 4 is 34.8 Å². The molecule has 148 valence electrons. The highest BCUT2D eigenvalue weighted by Gasteiger charge is 2.10. The van der Waals surface area contributed by atoms with Crippen molar-refractivity contribution in [2.75, 3.05) is 24.4 Å². The highest BCUT2D eigenvalue weighted by Crippen LogP contribution is 2.24. The largest absolute Gasteiger partial charge is 0.495 e. The van der Waals surface area contributed by atoms with Gasteiger partial charge in [0.1, 0.15) is 11.5 Å². The van der Waals surface area contributed by atoms with Gasteiger partial charge in [0.2, 0.25) is 0 Å². The lowest BCUT2D eigenvalue weighted by molar-refractivity contribution is -0.118. The van der Waals surface area contributed by atoms with E-state index in [9.17, 15) is 9.59 Å². The Morgan fingerprint density at radius 2 is 1.69 bits per heavy atom. The first-order valence-electron chi connectivity index (χ1n) is 8.78. The van der Waals surface area contributed by atoms with Crippen molar-refractivity contribution in [1.82, 2.24) is 0 Å². The Bertz CT molecular complexity index is 1010. The van der Waals surface area contributed by atoms with Crippen molar-refractivity contribution in [2.45, 2.75) is 0 Å². The number of carbonyl (C=O) groups is 2. The summed E-state index contributed by atoms with van der Waals surface area (Å²) in [6.45, 7) is -0.156. The third-order valence-corrected chi connectivity index (χ3v) is 4.19. The standard InChI is InChI=1S/C22H19ClN2O4/c1-28-20-8-3-2-7-19(20)25-22(27)15-9-11-17(12-10-15)24-21(26)14-29-18-6-4-5-16(23)13-18/h2-13H,14H2,1H3,(H,24,26)(H,25,27). The number of hydrogen-bond acceptors (Lipinski definition) is 4. The summed E-state index contributed by atoms with van der Waals surface area (Å²) in [5.74, 6) is 0.480. The molecule has 2 amide bonds. The van der Waals surface area contributed by atoms with E-state index in [0.29, 0.717) is 33.5 Å². The van der Waals surface area contributed by atoms with Gasteiger partial charge in [0.05, 0.1) is 12.8 Å². The van der Waals surface area contributed by atoms with Gasteiger partial charge in [-0.2, -0.15) is 0 Å². The van der Waals surface area contributed by atoms with Crippen LogP contribution in [-0.2, 0) is 4.79 Å². The van der Waals surface area contributed by atoms with Gasteiger partial charge in [-0.15, -0.1) is 0 Å². The number of halogens is 1. The van der Waals surface area contributed by atoms with Crippen LogP contribution in [-0.4, -0.2) is 25.5 Å². The van der Waals surface area contributed by atoms with Crippen molar-refractivity contribution in [3.05, 3.63) is 83.4 Å². The molecule has 0 aromatic heterocycles. The Balaban J connectivity index is 1.55. The Labute approximate surface area is 173 Å². The molecule has 7 heteroatoms. The fraction of sp³-hybridized carbons (Fsp3) is 0.0909. The number of anilines is 2. The van der Waals surface area contributed by atoms with Gasteiger partial charge >= 0.3 is 0 Å². The molecule has 3 rings (SSSR count). The minimum absolute atomic E-state index is 0.156. The number of rotatable bonds is 7. The fourth-order valence-corrected chi connectivity index (χ4v) is 2.73. The molecular weight excluding hydrogens is 392 g/mol. The molecule has 0 aliphatic rings. The molecule has 0 saturated carbocycles. The van der Waals surface area contributed by atoms with Crippen LogP contribution in [0.1, 0.15) is 10.4 Å². The number of ether oxygens (including phenoxy) is 2. The van der Waals surface area contributed by atoms with Crippen molar-refractivity contribution in [3.63, 3.8) is 0 Å². The Morgan fingerprint density at radius 1 is 0.931 bits per heavy atom. The maximum atomic E-state index is 12.4. The Kier molecular flexibility index (Phi) is 6.71. The maximum Gasteiger partial charge on any atom is 0.262 e. The topological polar surface area (TPSA) is 76.7 Å². The molecule has 3 aromatic carbocycles. The van der Waals surface area contributed by atoms with E-state index in [-0.39, 0.29) is 18.4 Å². The zero-order valence-corrected chi connectivity index (χ0v) is 16.4. The molecule has 0 heterocycles. The summed E-state index contributed by atoms with van der Waals surface area (Å²) in [6, 6.07) is 20.5. The molecule has 6 nitrogen and oxygen atoms in total. The molecule has 0 spiro atoms. The van der Waals surface area contributed by atoms with Crippen LogP contribution in [0.25, 0.3) is 0 Å². The zero-order chi connectivity index (χ0) is 20.6. The molecular formula is C22H19ClN2O4. The molecule has 0 fully saturated rings. The van der Waals surface area contributed by atoms with Crippen LogP contribution in [0.5, 0.6) is 11.5 Å². The van der Waals surface area contributed by atoms with Crippen LogP contribution >= 0.6 is 11.6 Å². The number of benzene rings is 3. The van der Waals surface area contributed by atoms with Crippen molar-refractivity contribution < 1.29 is 19.1 Å². The molecule has 0 bridgehead atoms. The normalized spacial score (nSPS) is 10.1. The predicted octanol–water partition coefficient (Wildman–Crippen LogP) is 4.62. The summed E-state index contributed by atoms with van der Waals surface area (Å²) in [4.78, 5) is 24.5. The predicted molar refractivity (Wildman–Crippen MR) is 113 cm³/mol. The second-order valence-corrected chi connectivity index (χ2v) is 6.46. The number of carbonyl (C=O) groups excluding carboxylic acids is 2. The SMILES string of the molecule is COc1ccccc1NC(=O)c1ccc(NC(=O)COc2cccc(Cl)c2)cc1. The van der Waals surface area contributed by atoms with Gasteiger partial charge in [0, 0.05) is 16.3 Å². The van der Waals surface area contributed by atoms with Crippen LogP contribution in [0.3, 0.4) is 0 Å². The van der Waals surface area contributed by atoms with E-state index >= 15 is 0 Å². The number of amides is 2. The van der Waals surface area contributed by atoms with Crippen molar-refractivity contribution in [3.8, 4) is 11.5 Å². The van der Waals surface area contributed by atoms with E-state index in [2.05, 4.69) is 10.6 Å². The summed E-state index contributed by atoms with van der Waals surface area (Å²) < 4.78 is 10.6. The van der Waals surface area contributed by atoms with E-state index in [1.54, 1.807) is 67.8 Å². The number of para-hydroxylation sites is 2. The van der Waals surface area contributed by atoms with Gasteiger partial charge < -0.3 is 20.1 Å². The fourth-order valence-electron chi connectivity index (χ4n) is 2.55. The quantitative estimate of drug-likeness (QED) is 0.596. The summed E-state index contributed by atoms with van der Waals surface area (Å²) in [7, 11) is 1.54. The molecule has 29 heavy (non-hydrogen) atoms. The number of methoxy groups -OCH3 is 1. The summed E-state index contributed by atoms with van der Waals surface area (Å²) in [5.41, 5.74) is 1.58. The molecule has 0 aliphatic carbocycles. The van der Waals surface area contributed by atoms with Gasteiger partial charge in [0.25, 0.3) is 11.8 Å². The first-order chi connectivity index (χ1) is 14.0. The minimum atomic E-state index is -0.323. The van der Waals surface area contributed by atoms with E-state index in [1.165, 1.54) is 0 Å². The second kappa shape index (κ2) is 9.61. The average molecular weight is 411 g/mol.